The van der Waals surface area contributed by atoms with Crippen molar-refractivity contribution in [1.29, 1.82) is 0 Å². The van der Waals surface area contributed by atoms with Gasteiger partial charge >= 0.3 is 6.09 Å². The summed E-state index contributed by atoms with van der Waals surface area (Å²) in [5, 5.41) is 8.88. The Morgan fingerprint density at radius 3 is 2.57 bits per heavy atom. The Balaban J connectivity index is 2.14. The van der Waals surface area contributed by atoms with E-state index < -0.39 is 6.09 Å². The van der Waals surface area contributed by atoms with Crippen LogP contribution in [0.5, 0.6) is 0 Å². The molecule has 1 heterocycles. The number of likely N-dealkylation sites (tertiary alicyclic amines) is 1. The van der Waals surface area contributed by atoms with Gasteiger partial charge in [0.1, 0.15) is 5.78 Å². The molecule has 0 aromatic carbocycles. The van der Waals surface area contributed by atoms with Crippen LogP contribution in [0, 0.1) is 5.41 Å². The van der Waals surface area contributed by atoms with Gasteiger partial charge in [-0.3, -0.25) is 4.79 Å². The third-order valence-corrected chi connectivity index (χ3v) is 3.52. The molecule has 0 unspecified atom stereocenters. The first kappa shape index (κ1) is 9.49. The zero-order chi connectivity index (χ0) is 10.2. The molecule has 1 saturated carbocycles. The number of Topliss-reactive ketones (excluding diaryl/α,β-unsaturated/α-hetero) is 1. The molecule has 78 valence electrons. The van der Waals surface area contributed by atoms with E-state index in [1.165, 1.54) is 4.90 Å². The Hall–Kier alpha value is -1.06. The summed E-state index contributed by atoms with van der Waals surface area (Å²) in [6, 6.07) is 0. The molecule has 1 aliphatic carbocycles. The van der Waals surface area contributed by atoms with Crippen molar-refractivity contribution in [3.05, 3.63) is 0 Å². The van der Waals surface area contributed by atoms with Crippen LogP contribution in [0.1, 0.15) is 32.1 Å². The summed E-state index contributed by atoms with van der Waals surface area (Å²) in [6.45, 7) is 0.817. The molecular formula is C10H15NO3. The normalized spacial score (nSPS) is 25.7. The van der Waals surface area contributed by atoms with Gasteiger partial charge in [-0.05, 0) is 12.8 Å². The average molecular weight is 197 g/mol. The number of ketones is 1. The van der Waals surface area contributed by atoms with Gasteiger partial charge in [0.15, 0.2) is 0 Å². The van der Waals surface area contributed by atoms with Crippen LogP contribution in [-0.2, 0) is 4.79 Å². The average Bonchev–Trinajstić information content (AvgIpc) is 2.59. The molecule has 4 nitrogen and oxygen atoms in total. The molecule has 0 aromatic heterocycles. The van der Waals surface area contributed by atoms with E-state index in [1.807, 2.05) is 0 Å². The van der Waals surface area contributed by atoms with Crippen LogP contribution >= 0.6 is 0 Å². The first-order chi connectivity index (χ1) is 6.64. The molecule has 1 spiro atoms. The number of piperidine rings is 1. The molecule has 2 rings (SSSR count). The zero-order valence-electron chi connectivity index (χ0n) is 8.16. The first-order valence-electron chi connectivity index (χ1n) is 5.15. The van der Waals surface area contributed by atoms with Crippen LogP contribution in [0.3, 0.4) is 0 Å². The monoisotopic (exact) mass is 197 g/mol. The smallest absolute Gasteiger partial charge is 0.407 e. The Labute approximate surface area is 82.9 Å². The van der Waals surface area contributed by atoms with Crippen LogP contribution in [0.25, 0.3) is 0 Å². The number of amides is 1. The molecule has 0 atom stereocenters. The maximum Gasteiger partial charge on any atom is 0.407 e. The summed E-state index contributed by atoms with van der Waals surface area (Å²) in [4.78, 5) is 24.0. The van der Waals surface area contributed by atoms with Crippen LogP contribution in [0.15, 0.2) is 0 Å². The molecule has 4 heteroatoms. The first-order valence-corrected chi connectivity index (χ1v) is 5.15. The van der Waals surface area contributed by atoms with Crippen LogP contribution < -0.4 is 0 Å². The van der Waals surface area contributed by atoms with Gasteiger partial charge in [0, 0.05) is 24.9 Å². The number of carbonyl (C=O) groups is 2. The Morgan fingerprint density at radius 2 is 2.00 bits per heavy atom. The van der Waals surface area contributed by atoms with Crippen molar-refractivity contribution in [1.82, 2.24) is 4.90 Å². The van der Waals surface area contributed by atoms with Crippen LogP contribution in [0.4, 0.5) is 4.79 Å². The number of carbonyl (C=O) groups excluding carboxylic acids is 1. The number of hydrogen-bond donors (Lipinski definition) is 1. The molecule has 1 aliphatic heterocycles. The van der Waals surface area contributed by atoms with E-state index in [2.05, 4.69) is 0 Å². The van der Waals surface area contributed by atoms with Crippen molar-refractivity contribution >= 4 is 11.9 Å². The predicted octanol–water partition coefficient (Wildman–Crippen LogP) is 1.50. The Kier molecular flexibility index (Phi) is 2.21. The SMILES string of the molecule is O=C(O)N1CCC(=O)C2(CCCC2)C1. The third-order valence-electron chi connectivity index (χ3n) is 3.52. The van der Waals surface area contributed by atoms with Gasteiger partial charge < -0.3 is 10.0 Å². The minimum absolute atomic E-state index is 0.285. The summed E-state index contributed by atoms with van der Waals surface area (Å²) in [6.07, 6.45) is 3.43. The summed E-state index contributed by atoms with van der Waals surface area (Å²) in [5.41, 5.74) is -0.309. The van der Waals surface area contributed by atoms with Crippen molar-refractivity contribution in [2.45, 2.75) is 32.1 Å². The van der Waals surface area contributed by atoms with Gasteiger partial charge in [0.25, 0.3) is 0 Å². The predicted molar refractivity (Wildman–Crippen MR) is 50.1 cm³/mol. The maximum atomic E-state index is 11.8. The lowest BCUT2D eigenvalue weighted by molar-refractivity contribution is -0.132. The van der Waals surface area contributed by atoms with E-state index in [0.29, 0.717) is 19.5 Å². The Bertz CT molecular complexity index is 269. The molecule has 0 bridgehead atoms. The van der Waals surface area contributed by atoms with Gasteiger partial charge in [-0.25, -0.2) is 4.79 Å². The Morgan fingerprint density at radius 1 is 1.36 bits per heavy atom. The van der Waals surface area contributed by atoms with Gasteiger partial charge in [-0.2, -0.15) is 0 Å². The highest BCUT2D eigenvalue weighted by atomic mass is 16.4. The van der Waals surface area contributed by atoms with E-state index in [4.69, 9.17) is 5.11 Å². The molecule has 1 N–H and O–H groups in total. The topological polar surface area (TPSA) is 57.6 Å². The third kappa shape index (κ3) is 1.38. The zero-order valence-corrected chi connectivity index (χ0v) is 8.16. The van der Waals surface area contributed by atoms with Crippen molar-refractivity contribution < 1.29 is 14.7 Å². The lowest BCUT2D eigenvalue weighted by atomic mass is 9.77. The van der Waals surface area contributed by atoms with Gasteiger partial charge in [0.05, 0.1) is 0 Å². The van der Waals surface area contributed by atoms with E-state index in [1.54, 1.807) is 0 Å². The highest BCUT2D eigenvalue weighted by Crippen LogP contribution is 2.42. The van der Waals surface area contributed by atoms with Crippen LogP contribution in [-0.4, -0.2) is 35.0 Å². The largest absolute Gasteiger partial charge is 0.465 e. The maximum absolute atomic E-state index is 11.8. The second-order valence-electron chi connectivity index (χ2n) is 4.36. The minimum atomic E-state index is -0.885. The summed E-state index contributed by atoms with van der Waals surface area (Å²) in [7, 11) is 0. The molecule has 0 aromatic rings. The number of hydrogen-bond acceptors (Lipinski definition) is 2. The lowest BCUT2D eigenvalue weighted by Crippen LogP contribution is -2.49. The number of carboxylic acid groups (broad SMARTS) is 1. The second-order valence-corrected chi connectivity index (χ2v) is 4.36. The van der Waals surface area contributed by atoms with E-state index in [9.17, 15) is 9.59 Å². The summed E-state index contributed by atoms with van der Waals surface area (Å²) < 4.78 is 0. The quantitative estimate of drug-likeness (QED) is 0.640. The van der Waals surface area contributed by atoms with Crippen LogP contribution in [0.2, 0.25) is 0 Å². The highest BCUT2D eigenvalue weighted by Gasteiger charge is 2.45. The standard InChI is InChI=1S/C10H15NO3/c12-8-3-6-11(9(13)14)7-10(8)4-1-2-5-10/h1-7H2,(H,13,14). The lowest BCUT2D eigenvalue weighted by Gasteiger charge is -2.37. The molecule has 2 aliphatic rings. The van der Waals surface area contributed by atoms with E-state index in [0.717, 1.165) is 25.7 Å². The fourth-order valence-electron chi connectivity index (χ4n) is 2.69. The fourth-order valence-corrected chi connectivity index (χ4v) is 2.69. The minimum Gasteiger partial charge on any atom is -0.465 e. The molecule has 1 saturated heterocycles. The van der Waals surface area contributed by atoms with Crippen molar-refractivity contribution in [3.63, 3.8) is 0 Å². The van der Waals surface area contributed by atoms with Gasteiger partial charge in [0.2, 0.25) is 0 Å². The fraction of sp³-hybridized carbons (Fsp3) is 0.800. The van der Waals surface area contributed by atoms with Gasteiger partial charge in [-0.1, -0.05) is 12.8 Å². The highest BCUT2D eigenvalue weighted by molar-refractivity contribution is 5.87. The molecule has 1 amide bonds. The summed E-state index contributed by atoms with van der Waals surface area (Å²) in [5.74, 6) is 0.285. The van der Waals surface area contributed by atoms with Crippen molar-refractivity contribution in [2.75, 3.05) is 13.1 Å². The molecule has 2 fully saturated rings. The van der Waals surface area contributed by atoms with E-state index in [-0.39, 0.29) is 11.2 Å². The second kappa shape index (κ2) is 3.26. The van der Waals surface area contributed by atoms with Crippen molar-refractivity contribution in [2.24, 2.45) is 5.41 Å². The summed E-state index contributed by atoms with van der Waals surface area (Å²) >= 11 is 0. The molecule has 0 radical (unpaired) electrons. The van der Waals surface area contributed by atoms with Gasteiger partial charge in [-0.15, -0.1) is 0 Å². The van der Waals surface area contributed by atoms with E-state index >= 15 is 0 Å². The molecule has 14 heavy (non-hydrogen) atoms. The molecular weight excluding hydrogens is 182 g/mol. The van der Waals surface area contributed by atoms with Crippen molar-refractivity contribution in [3.8, 4) is 0 Å². The number of nitrogens with zero attached hydrogens (tertiary/aromatic N) is 1. The number of rotatable bonds is 0.